The van der Waals surface area contributed by atoms with Crippen molar-refractivity contribution < 1.29 is 18.7 Å². The van der Waals surface area contributed by atoms with Crippen molar-refractivity contribution in [3.63, 3.8) is 0 Å². The van der Waals surface area contributed by atoms with Gasteiger partial charge in [-0.05, 0) is 30.4 Å². The van der Waals surface area contributed by atoms with Gasteiger partial charge in [0.2, 0.25) is 5.89 Å². The highest BCUT2D eigenvalue weighted by Gasteiger charge is 2.20. The van der Waals surface area contributed by atoms with Crippen molar-refractivity contribution in [1.29, 1.82) is 0 Å². The van der Waals surface area contributed by atoms with Gasteiger partial charge >= 0.3 is 5.97 Å². The first-order valence-electron chi connectivity index (χ1n) is 9.46. The molecular weight excluding hydrogens is 394 g/mol. The Labute approximate surface area is 172 Å². The SMILES string of the molecule is CCCc1cc(C(=O)OCC(=O)N(CCC)Cc2nnc(-c3cccs3)o2)n[nH]1. The highest BCUT2D eigenvalue weighted by Crippen LogP contribution is 2.23. The second kappa shape index (κ2) is 9.97. The molecule has 10 heteroatoms. The molecule has 1 amide bonds. The molecule has 3 rings (SSSR count). The van der Waals surface area contributed by atoms with Crippen LogP contribution in [-0.2, 0) is 22.5 Å². The zero-order valence-electron chi connectivity index (χ0n) is 16.4. The zero-order chi connectivity index (χ0) is 20.6. The molecule has 29 heavy (non-hydrogen) atoms. The summed E-state index contributed by atoms with van der Waals surface area (Å²) in [6, 6.07) is 5.43. The third-order valence-corrected chi connectivity index (χ3v) is 4.92. The molecule has 3 aromatic rings. The number of carbonyl (C=O) groups is 2. The van der Waals surface area contributed by atoms with Gasteiger partial charge in [0.1, 0.15) is 0 Å². The molecule has 0 saturated carbocycles. The molecule has 0 aliphatic heterocycles. The van der Waals surface area contributed by atoms with Gasteiger partial charge in [0.25, 0.3) is 11.8 Å². The van der Waals surface area contributed by atoms with Crippen LogP contribution in [0.1, 0.15) is 48.8 Å². The van der Waals surface area contributed by atoms with Gasteiger partial charge in [-0.2, -0.15) is 5.10 Å². The molecule has 0 bridgehead atoms. The number of aromatic amines is 1. The van der Waals surface area contributed by atoms with E-state index >= 15 is 0 Å². The zero-order valence-corrected chi connectivity index (χ0v) is 17.2. The molecule has 0 fully saturated rings. The van der Waals surface area contributed by atoms with E-state index in [0.29, 0.717) is 18.3 Å². The predicted octanol–water partition coefficient (Wildman–Crippen LogP) is 3.07. The van der Waals surface area contributed by atoms with Gasteiger partial charge < -0.3 is 14.1 Å². The fraction of sp³-hybridized carbons (Fsp3) is 0.421. The minimum Gasteiger partial charge on any atom is -0.451 e. The number of amides is 1. The van der Waals surface area contributed by atoms with Gasteiger partial charge in [-0.25, -0.2) is 4.79 Å². The number of aromatic nitrogens is 4. The average Bonchev–Trinajstić information content (AvgIpc) is 3.46. The lowest BCUT2D eigenvalue weighted by Crippen LogP contribution is -2.35. The van der Waals surface area contributed by atoms with Crippen LogP contribution in [0, 0.1) is 0 Å². The Morgan fingerprint density at radius 3 is 2.86 bits per heavy atom. The summed E-state index contributed by atoms with van der Waals surface area (Å²) >= 11 is 1.50. The van der Waals surface area contributed by atoms with Crippen molar-refractivity contribution in [2.45, 2.75) is 39.7 Å². The van der Waals surface area contributed by atoms with Crippen molar-refractivity contribution in [2.24, 2.45) is 0 Å². The minimum absolute atomic E-state index is 0.158. The molecule has 154 valence electrons. The predicted molar refractivity (Wildman–Crippen MR) is 106 cm³/mol. The maximum Gasteiger partial charge on any atom is 0.359 e. The van der Waals surface area contributed by atoms with Crippen LogP contribution in [0.25, 0.3) is 10.8 Å². The third-order valence-electron chi connectivity index (χ3n) is 4.06. The number of aryl methyl sites for hydroxylation is 1. The molecule has 0 spiro atoms. The first-order chi connectivity index (χ1) is 14.1. The first kappa shape index (κ1) is 20.7. The van der Waals surface area contributed by atoms with Gasteiger partial charge in [0.15, 0.2) is 12.3 Å². The van der Waals surface area contributed by atoms with Crippen LogP contribution in [0.3, 0.4) is 0 Å². The quantitative estimate of drug-likeness (QED) is 0.504. The summed E-state index contributed by atoms with van der Waals surface area (Å²) in [5.74, 6) is -0.212. The topological polar surface area (TPSA) is 114 Å². The van der Waals surface area contributed by atoms with Crippen molar-refractivity contribution >= 4 is 23.2 Å². The fourth-order valence-corrected chi connectivity index (χ4v) is 3.34. The number of H-pyrrole nitrogens is 1. The summed E-state index contributed by atoms with van der Waals surface area (Å²) in [7, 11) is 0. The molecule has 3 aromatic heterocycles. The first-order valence-corrected chi connectivity index (χ1v) is 10.3. The van der Waals surface area contributed by atoms with E-state index in [2.05, 4.69) is 20.4 Å². The van der Waals surface area contributed by atoms with Gasteiger partial charge in [-0.1, -0.05) is 26.3 Å². The molecule has 0 aromatic carbocycles. The molecule has 0 radical (unpaired) electrons. The number of ether oxygens (including phenoxy) is 1. The number of esters is 1. The van der Waals surface area contributed by atoms with Crippen LogP contribution < -0.4 is 0 Å². The van der Waals surface area contributed by atoms with Gasteiger partial charge in [0.05, 0.1) is 11.4 Å². The van der Waals surface area contributed by atoms with Gasteiger partial charge in [-0.3, -0.25) is 9.89 Å². The lowest BCUT2D eigenvalue weighted by atomic mass is 10.2. The Bertz CT molecular complexity index is 934. The summed E-state index contributed by atoms with van der Waals surface area (Å²) in [6.07, 6.45) is 2.47. The second-order valence-corrected chi connectivity index (χ2v) is 7.35. The van der Waals surface area contributed by atoms with E-state index in [1.165, 1.54) is 16.2 Å². The Kier molecular flexibility index (Phi) is 7.12. The monoisotopic (exact) mass is 417 g/mol. The summed E-state index contributed by atoms with van der Waals surface area (Å²) in [5, 5.41) is 16.7. The standard InChI is InChI=1S/C19H23N5O4S/c1-3-6-13-10-14(21-20-13)19(26)27-12-17(25)24(8-4-2)11-16-22-23-18(28-16)15-7-5-9-29-15/h5,7,9-10H,3-4,6,8,11-12H2,1-2H3,(H,20,21). The van der Waals surface area contributed by atoms with Gasteiger partial charge in [0, 0.05) is 12.2 Å². The molecule has 0 atom stereocenters. The Balaban J connectivity index is 1.56. The molecule has 0 aliphatic carbocycles. The molecule has 0 aliphatic rings. The third kappa shape index (κ3) is 5.50. The fourth-order valence-electron chi connectivity index (χ4n) is 2.70. The van der Waals surface area contributed by atoms with Crippen molar-refractivity contribution in [1.82, 2.24) is 25.3 Å². The van der Waals surface area contributed by atoms with Crippen LogP contribution in [0.4, 0.5) is 0 Å². The Hall–Kier alpha value is -3.01. The lowest BCUT2D eigenvalue weighted by Gasteiger charge is -2.19. The van der Waals surface area contributed by atoms with E-state index in [1.54, 1.807) is 6.07 Å². The normalized spacial score (nSPS) is 10.8. The van der Waals surface area contributed by atoms with Crippen molar-refractivity contribution in [3.05, 3.63) is 40.9 Å². The summed E-state index contributed by atoms with van der Waals surface area (Å²) < 4.78 is 10.8. The molecule has 0 unspecified atom stereocenters. The number of rotatable bonds is 10. The van der Waals surface area contributed by atoms with Crippen LogP contribution in [0.15, 0.2) is 28.0 Å². The van der Waals surface area contributed by atoms with E-state index in [4.69, 9.17) is 9.15 Å². The summed E-state index contributed by atoms with van der Waals surface area (Å²) in [5.41, 5.74) is 1.03. The lowest BCUT2D eigenvalue weighted by molar-refractivity contribution is -0.135. The number of hydrogen-bond donors (Lipinski definition) is 1. The highest BCUT2D eigenvalue weighted by atomic mass is 32.1. The number of thiophene rings is 1. The van der Waals surface area contributed by atoms with Crippen molar-refractivity contribution in [2.75, 3.05) is 13.2 Å². The highest BCUT2D eigenvalue weighted by molar-refractivity contribution is 7.13. The number of nitrogens with zero attached hydrogens (tertiary/aromatic N) is 4. The smallest absolute Gasteiger partial charge is 0.359 e. The Morgan fingerprint density at radius 2 is 2.14 bits per heavy atom. The van der Waals surface area contributed by atoms with E-state index in [0.717, 1.165) is 29.8 Å². The molecule has 1 N–H and O–H groups in total. The molecular formula is C19H23N5O4S. The summed E-state index contributed by atoms with van der Waals surface area (Å²) in [6.45, 7) is 4.26. The minimum atomic E-state index is -0.633. The van der Waals surface area contributed by atoms with Crippen molar-refractivity contribution in [3.8, 4) is 10.8 Å². The molecule has 0 saturated heterocycles. The maximum absolute atomic E-state index is 12.5. The van der Waals surface area contributed by atoms with E-state index in [9.17, 15) is 9.59 Å². The van der Waals surface area contributed by atoms with Crippen LogP contribution >= 0.6 is 11.3 Å². The second-order valence-electron chi connectivity index (χ2n) is 6.40. The number of hydrogen-bond acceptors (Lipinski definition) is 8. The van der Waals surface area contributed by atoms with Crippen LogP contribution in [0.2, 0.25) is 0 Å². The van der Waals surface area contributed by atoms with Gasteiger partial charge in [-0.15, -0.1) is 21.5 Å². The van der Waals surface area contributed by atoms with Crippen LogP contribution in [0.5, 0.6) is 0 Å². The summed E-state index contributed by atoms with van der Waals surface area (Å²) in [4.78, 5) is 27.1. The maximum atomic E-state index is 12.5. The molecule has 3 heterocycles. The average molecular weight is 417 g/mol. The van der Waals surface area contributed by atoms with Crippen LogP contribution in [-0.4, -0.2) is 50.3 Å². The van der Waals surface area contributed by atoms with E-state index < -0.39 is 5.97 Å². The largest absolute Gasteiger partial charge is 0.451 e. The van der Waals surface area contributed by atoms with E-state index in [1.807, 2.05) is 31.4 Å². The number of nitrogens with one attached hydrogen (secondary N) is 1. The number of carbonyl (C=O) groups excluding carboxylic acids is 2. The van der Waals surface area contributed by atoms with E-state index in [-0.39, 0.29) is 24.8 Å². The Morgan fingerprint density at radius 1 is 1.28 bits per heavy atom. The molecule has 9 nitrogen and oxygen atoms in total.